The van der Waals surface area contributed by atoms with Gasteiger partial charge in [0.05, 0.1) is 22.9 Å². The van der Waals surface area contributed by atoms with Gasteiger partial charge in [0.25, 0.3) is 5.91 Å². The van der Waals surface area contributed by atoms with Crippen LogP contribution in [0.15, 0.2) is 58.1 Å². The molecule has 1 heterocycles. The second kappa shape index (κ2) is 8.97. The quantitative estimate of drug-likeness (QED) is 0.361. The van der Waals surface area contributed by atoms with Gasteiger partial charge in [0.1, 0.15) is 0 Å². The molecule has 0 spiro atoms. The molecule has 2 aromatic carbocycles. The highest BCUT2D eigenvalue weighted by molar-refractivity contribution is 9.10. The molecule has 8 nitrogen and oxygen atoms in total. The SMILES string of the molecule is Cc1cc(/C=N\NC(=O)c2ccccc2Br)c(C)n1-c1cc(C(=O)O)cc(C(=O)O)c1. The molecule has 0 aliphatic carbocycles. The zero-order valence-corrected chi connectivity index (χ0v) is 18.2. The number of aromatic nitrogens is 1. The second-order valence-corrected chi connectivity index (χ2v) is 7.57. The third-order valence-electron chi connectivity index (χ3n) is 4.63. The van der Waals surface area contributed by atoms with E-state index in [1.807, 2.05) is 0 Å². The van der Waals surface area contributed by atoms with Crippen molar-refractivity contribution in [3.8, 4) is 5.69 Å². The molecule has 0 aliphatic rings. The lowest BCUT2D eigenvalue weighted by molar-refractivity contribution is 0.0696. The predicted molar refractivity (Wildman–Crippen MR) is 118 cm³/mol. The third kappa shape index (κ3) is 4.72. The number of nitrogens with zero attached hydrogens (tertiary/aromatic N) is 2. The number of carbonyl (C=O) groups excluding carboxylic acids is 1. The Hall–Kier alpha value is -3.72. The Morgan fingerprint density at radius 1 is 1.00 bits per heavy atom. The van der Waals surface area contributed by atoms with Crippen molar-refractivity contribution >= 4 is 40.0 Å². The first-order chi connectivity index (χ1) is 14.7. The van der Waals surface area contributed by atoms with Crippen LogP contribution in [0.25, 0.3) is 5.69 Å². The van der Waals surface area contributed by atoms with Gasteiger partial charge < -0.3 is 14.8 Å². The molecule has 1 aromatic heterocycles. The van der Waals surface area contributed by atoms with Crippen molar-refractivity contribution in [2.45, 2.75) is 13.8 Å². The summed E-state index contributed by atoms with van der Waals surface area (Å²) in [5.41, 5.74) is 5.20. The van der Waals surface area contributed by atoms with Crippen LogP contribution in [-0.4, -0.2) is 38.8 Å². The lowest BCUT2D eigenvalue weighted by Gasteiger charge is -2.12. The molecular weight excluding hydrogens is 466 g/mol. The largest absolute Gasteiger partial charge is 0.478 e. The maximum absolute atomic E-state index is 12.3. The highest BCUT2D eigenvalue weighted by Gasteiger charge is 2.16. The second-order valence-electron chi connectivity index (χ2n) is 6.72. The van der Waals surface area contributed by atoms with Crippen molar-refractivity contribution in [3.63, 3.8) is 0 Å². The molecule has 0 bridgehead atoms. The number of aryl methyl sites for hydroxylation is 1. The van der Waals surface area contributed by atoms with Gasteiger partial charge in [0.2, 0.25) is 0 Å². The lowest BCUT2D eigenvalue weighted by Crippen LogP contribution is -2.18. The Morgan fingerprint density at radius 3 is 2.19 bits per heavy atom. The van der Waals surface area contributed by atoms with E-state index in [9.17, 15) is 24.6 Å². The fourth-order valence-electron chi connectivity index (χ4n) is 3.17. The molecule has 3 aromatic rings. The van der Waals surface area contributed by atoms with E-state index in [4.69, 9.17) is 0 Å². The van der Waals surface area contributed by atoms with Gasteiger partial charge in [-0.1, -0.05) is 12.1 Å². The number of nitrogens with one attached hydrogen (secondary N) is 1. The van der Waals surface area contributed by atoms with Crippen LogP contribution in [-0.2, 0) is 0 Å². The van der Waals surface area contributed by atoms with E-state index < -0.39 is 11.9 Å². The van der Waals surface area contributed by atoms with Gasteiger partial charge in [-0.15, -0.1) is 0 Å². The highest BCUT2D eigenvalue weighted by Crippen LogP contribution is 2.23. The molecule has 9 heteroatoms. The number of hydrogen-bond acceptors (Lipinski definition) is 4. The number of halogens is 1. The van der Waals surface area contributed by atoms with Crippen LogP contribution >= 0.6 is 15.9 Å². The number of carboxylic acid groups (broad SMARTS) is 2. The molecule has 0 fully saturated rings. The molecule has 0 atom stereocenters. The number of aromatic carboxylic acids is 2. The number of carbonyl (C=O) groups is 3. The normalized spacial score (nSPS) is 10.9. The zero-order chi connectivity index (χ0) is 22.7. The number of amides is 1. The van der Waals surface area contributed by atoms with Gasteiger partial charge in [0, 0.05) is 27.1 Å². The lowest BCUT2D eigenvalue weighted by atomic mass is 10.1. The van der Waals surface area contributed by atoms with E-state index >= 15 is 0 Å². The standard InChI is InChI=1S/C22H18BrN3O5/c1-12-7-16(11-24-25-20(27)18-5-3-4-6-19(18)23)13(2)26(12)17-9-14(21(28)29)8-15(10-17)22(30)31/h3-11H,1-2H3,(H,25,27)(H,28,29)(H,30,31)/b24-11-. The highest BCUT2D eigenvalue weighted by atomic mass is 79.9. The van der Waals surface area contributed by atoms with Crippen molar-refractivity contribution in [1.29, 1.82) is 0 Å². The molecule has 158 valence electrons. The van der Waals surface area contributed by atoms with Crippen LogP contribution < -0.4 is 5.43 Å². The Morgan fingerprint density at radius 2 is 1.61 bits per heavy atom. The summed E-state index contributed by atoms with van der Waals surface area (Å²) in [4.78, 5) is 35.1. The number of carboxylic acids is 2. The topological polar surface area (TPSA) is 121 Å². The molecule has 0 aliphatic heterocycles. The summed E-state index contributed by atoms with van der Waals surface area (Å²) in [6.07, 6.45) is 1.48. The molecule has 0 saturated heterocycles. The van der Waals surface area contributed by atoms with Crippen LogP contribution in [0.4, 0.5) is 0 Å². The summed E-state index contributed by atoms with van der Waals surface area (Å²) in [5.74, 6) is -2.82. The monoisotopic (exact) mass is 483 g/mol. The minimum atomic E-state index is -1.22. The molecule has 31 heavy (non-hydrogen) atoms. The van der Waals surface area contributed by atoms with Crippen LogP contribution in [0.3, 0.4) is 0 Å². The Bertz CT molecular complexity index is 1200. The maximum atomic E-state index is 12.3. The molecule has 3 N–H and O–H groups in total. The van der Waals surface area contributed by atoms with Crippen molar-refractivity contribution < 1.29 is 24.6 Å². The molecular formula is C22H18BrN3O5. The van der Waals surface area contributed by atoms with E-state index in [-0.39, 0.29) is 17.0 Å². The minimum absolute atomic E-state index is 0.127. The summed E-state index contributed by atoms with van der Waals surface area (Å²) >= 11 is 3.32. The molecule has 3 rings (SSSR count). The van der Waals surface area contributed by atoms with E-state index in [0.29, 0.717) is 27.0 Å². The Kier molecular flexibility index (Phi) is 6.36. The maximum Gasteiger partial charge on any atom is 0.335 e. The first-order valence-electron chi connectivity index (χ1n) is 9.08. The van der Waals surface area contributed by atoms with Gasteiger partial charge in [-0.25, -0.2) is 15.0 Å². The summed E-state index contributed by atoms with van der Waals surface area (Å²) in [6.45, 7) is 3.59. The summed E-state index contributed by atoms with van der Waals surface area (Å²) in [7, 11) is 0. The fourth-order valence-corrected chi connectivity index (χ4v) is 3.63. The number of hydrazone groups is 1. The van der Waals surface area contributed by atoms with Crippen LogP contribution in [0, 0.1) is 13.8 Å². The third-order valence-corrected chi connectivity index (χ3v) is 5.32. The molecule has 0 radical (unpaired) electrons. The summed E-state index contributed by atoms with van der Waals surface area (Å²) in [5, 5.41) is 22.7. The van der Waals surface area contributed by atoms with Crippen molar-refractivity contribution in [2.24, 2.45) is 5.10 Å². The predicted octanol–water partition coefficient (Wildman–Crippen LogP) is 4.02. The first-order valence-corrected chi connectivity index (χ1v) is 9.87. The Labute approximate surface area is 186 Å². The fraction of sp³-hybridized carbons (Fsp3) is 0.0909. The van der Waals surface area contributed by atoms with Gasteiger partial charge in [-0.05, 0) is 66.2 Å². The number of hydrogen-bond donors (Lipinski definition) is 3. The van der Waals surface area contributed by atoms with Crippen molar-refractivity contribution in [2.75, 3.05) is 0 Å². The van der Waals surface area contributed by atoms with E-state index in [2.05, 4.69) is 26.5 Å². The molecule has 0 unspecified atom stereocenters. The van der Waals surface area contributed by atoms with Gasteiger partial charge in [-0.3, -0.25) is 4.79 Å². The smallest absolute Gasteiger partial charge is 0.335 e. The molecule has 1 amide bonds. The number of rotatable bonds is 6. The minimum Gasteiger partial charge on any atom is -0.478 e. The Balaban J connectivity index is 1.92. The summed E-state index contributed by atoms with van der Waals surface area (Å²) in [6, 6.07) is 12.7. The van der Waals surface area contributed by atoms with E-state index in [1.165, 1.54) is 18.3 Å². The average Bonchev–Trinajstić information content (AvgIpc) is 3.01. The zero-order valence-electron chi connectivity index (χ0n) is 16.6. The van der Waals surface area contributed by atoms with Crippen LogP contribution in [0.5, 0.6) is 0 Å². The van der Waals surface area contributed by atoms with E-state index in [0.717, 1.165) is 11.8 Å². The van der Waals surface area contributed by atoms with Gasteiger partial charge in [0.15, 0.2) is 0 Å². The van der Waals surface area contributed by atoms with Crippen molar-refractivity contribution in [1.82, 2.24) is 9.99 Å². The summed E-state index contributed by atoms with van der Waals surface area (Å²) < 4.78 is 2.38. The van der Waals surface area contributed by atoms with Gasteiger partial charge >= 0.3 is 11.9 Å². The average molecular weight is 484 g/mol. The number of benzene rings is 2. The van der Waals surface area contributed by atoms with E-state index in [1.54, 1.807) is 48.7 Å². The molecule has 0 saturated carbocycles. The van der Waals surface area contributed by atoms with Crippen molar-refractivity contribution in [3.05, 3.63) is 86.6 Å². The van der Waals surface area contributed by atoms with Crippen LogP contribution in [0.1, 0.15) is 48.0 Å². The first kappa shape index (κ1) is 22.0. The van der Waals surface area contributed by atoms with Crippen LogP contribution in [0.2, 0.25) is 0 Å². The van der Waals surface area contributed by atoms with Gasteiger partial charge in [-0.2, -0.15) is 5.10 Å².